The third kappa shape index (κ3) is 9.94. The van der Waals surface area contributed by atoms with Gasteiger partial charge in [-0.05, 0) is 58.0 Å². The third-order valence-electron chi connectivity index (χ3n) is 4.44. The molecule has 3 N–H and O–H groups in total. The first-order chi connectivity index (χ1) is 13.0. The number of amides is 1. The normalized spacial score (nSPS) is 12.7. The molecule has 0 aliphatic carbocycles. The van der Waals surface area contributed by atoms with Crippen LogP contribution in [0.2, 0.25) is 0 Å². The number of aryl methyl sites for hydroxylation is 1. The standard InChI is InChI=1S/C20H36N6O/c1-6-26(7-2)14-8-9-17(4)24-20(21-5)22-13-12-19(27)25-18-11-10-16(3)15-23-18/h10-11,15,17H,6-9,12-14H2,1-5H3,(H2,21,22,24)(H,23,25,27). The minimum absolute atomic E-state index is 0.0680. The fourth-order valence-electron chi connectivity index (χ4n) is 2.70. The summed E-state index contributed by atoms with van der Waals surface area (Å²) in [6.45, 7) is 12.4. The summed E-state index contributed by atoms with van der Waals surface area (Å²) in [5, 5.41) is 9.37. The van der Waals surface area contributed by atoms with Crippen LogP contribution in [-0.2, 0) is 4.79 Å². The quantitative estimate of drug-likeness (QED) is 0.408. The van der Waals surface area contributed by atoms with E-state index in [1.807, 2.05) is 13.0 Å². The van der Waals surface area contributed by atoms with Crippen LogP contribution in [0.4, 0.5) is 5.82 Å². The first kappa shape index (κ1) is 22.9. The molecule has 7 heteroatoms. The predicted molar refractivity (Wildman–Crippen MR) is 113 cm³/mol. The summed E-state index contributed by atoms with van der Waals surface area (Å²) in [5.74, 6) is 1.24. The van der Waals surface area contributed by atoms with E-state index in [9.17, 15) is 4.79 Å². The number of carbonyl (C=O) groups is 1. The molecule has 7 nitrogen and oxygen atoms in total. The Morgan fingerprint density at radius 3 is 2.63 bits per heavy atom. The van der Waals surface area contributed by atoms with Crippen molar-refractivity contribution in [2.75, 3.05) is 38.5 Å². The van der Waals surface area contributed by atoms with E-state index in [1.54, 1.807) is 19.3 Å². The molecule has 0 aliphatic rings. The van der Waals surface area contributed by atoms with Gasteiger partial charge < -0.3 is 20.9 Å². The molecule has 1 rings (SSSR count). The van der Waals surface area contributed by atoms with Crippen molar-refractivity contribution >= 4 is 17.7 Å². The molecular formula is C20H36N6O. The molecule has 0 bridgehead atoms. The van der Waals surface area contributed by atoms with Crippen LogP contribution in [0.5, 0.6) is 0 Å². The summed E-state index contributed by atoms with van der Waals surface area (Å²) in [6, 6.07) is 4.06. The number of rotatable bonds is 11. The molecule has 1 amide bonds. The van der Waals surface area contributed by atoms with Crippen LogP contribution in [0.15, 0.2) is 23.3 Å². The molecule has 0 spiro atoms. The zero-order valence-corrected chi connectivity index (χ0v) is 17.5. The van der Waals surface area contributed by atoms with Gasteiger partial charge in [-0.25, -0.2) is 4.98 Å². The molecule has 1 heterocycles. The Bertz CT molecular complexity index is 568. The van der Waals surface area contributed by atoms with Gasteiger partial charge in [0.05, 0.1) is 0 Å². The van der Waals surface area contributed by atoms with Crippen molar-refractivity contribution in [2.24, 2.45) is 4.99 Å². The lowest BCUT2D eigenvalue weighted by Gasteiger charge is -2.21. The molecule has 1 atom stereocenters. The fourth-order valence-corrected chi connectivity index (χ4v) is 2.70. The van der Waals surface area contributed by atoms with E-state index in [0.29, 0.717) is 24.8 Å². The van der Waals surface area contributed by atoms with E-state index in [2.05, 4.69) is 51.6 Å². The van der Waals surface area contributed by atoms with Crippen LogP contribution in [0.25, 0.3) is 0 Å². The Morgan fingerprint density at radius 2 is 2.04 bits per heavy atom. The van der Waals surface area contributed by atoms with E-state index >= 15 is 0 Å². The molecule has 0 fully saturated rings. The number of aromatic nitrogens is 1. The van der Waals surface area contributed by atoms with Crippen LogP contribution >= 0.6 is 0 Å². The zero-order chi connectivity index (χ0) is 20.1. The molecule has 1 aromatic heterocycles. The van der Waals surface area contributed by atoms with Gasteiger partial charge >= 0.3 is 0 Å². The number of carbonyl (C=O) groups excluding carboxylic acids is 1. The molecule has 1 aromatic rings. The summed E-state index contributed by atoms with van der Waals surface area (Å²) < 4.78 is 0. The first-order valence-electron chi connectivity index (χ1n) is 9.90. The van der Waals surface area contributed by atoms with Crippen molar-refractivity contribution < 1.29 is 4.79 Å². The predicted octanol–water partition coefficient (Wildman–Crippen LogP) is 2.39. The Labute approximate surface area is 164 Å². The Hall–Kier alpha value is -2.15. The topological polar surface area (TPSA) is 81.6 Å². The highest BCUT2D eigenvalue weighted by Gasteiger charge is 2.08. The maximum atomic E-state index is 12.0. The van der Waals surface area contributed by atoms with Crippen molar-refractivity contribution in [1.29, 1.82) is 0 Å². The average Bonchev–Trinajstić information content (AvgIpc) is 2.66. The van der Waals surface area contributed by atoms with Crippen LogP contribution in [0.3, 0.4) is 0 Å². The lowest BCUT2D eigenvalue weighted by molar-refractivity contribution is -0.116. The highest BCUT2D eigenvalue weighted by molar-refractivity contribution is 5.90. The summed E-state index contributed by atoms with van der Waals surface area (Å²) in [4.78, 5) is 22.8. The van der Waals surface area contributed by atoms with Gasteiger partial charge in [-0.2, -0.15) is 0 Å². The first-order valence-corrected chi connectivity index (χ1v) is 9.90. The van der Waals surface area contributed by atoms with E-state index in [-0.39, 0.29) is 5.91 Å². The molecule has 0 saturated carbocycles. The Balaban J connectivity index is 2.24. The number of hydrogen-bond acceptors (Lipinski definition) is 4. The van der Waals surface area contributed by atoms with Gasteiger partial charge in [0.2, 0.25) is 5.91 Å². The van der Waals surface area contributed by atoms with Crippen molar-refractivity contribution in [3.63, 3.8) is 0 Å². The highest BCUT2D eigenvalue weighted by atomic mass is 16.1. The second kappa shape index (κ2) is 13.1. The minimum atomic E-state index is -0.0680. The smallest absolute Gasteiger partial charge is 0.227 e. The number of aliphatic imine (C=N–C) groups is 1. The molecule has 152 valence electrons. The largest absolute Gasteiger partial charge is 0.356 e. The molecule has 0 radical (unpaired) electrons. The summed E-state index contributed by atoms with van der Waals surface area (Å²) in [7, 11) is 1.74. The zero-order valence-electron chi connectivity index (χ0n) is 17.5. The molecular weight excluding hydrogens is 340 g/mol. The molecule has 0 aliphatic heterocycles. The van der Waals surface area contributed by atoms with Gasteiger partial charge in [-0.1, -0.05) is 19.9 Å². The van der Waals surface area contributed by atoms with E-state index in [4.69, 9.17) is 0 Å². The fraction of sp³-hybridized carbons (Fsp3) is 0.650. The summed E-state index contributed by atoms with van der Waals surface area (Å²) >= 11 is 0. The van der Waals surface area contributed by atoms with Crippen molar-refractivity contribution in [2.45, 2.75) is 53.0 Å². The van der Waals surface area contributed by atoms with Gasteiger partial charge in [-0.15, -0.1) is 0 Å². The van der Waals surface area contributed by atoms with Gasteiger partial charge in [0.15, 0.2) is 5.96 Å². The molecule has 0 saturated heterocycles. The van der Waals surface area contributed by atoms with Gasteiger partial charge in [0.25, 0.3) is 0 Å². The van der Waals surface area contributed by atoms with E-state index < -0.39 is 0 Å². The van der Waals surface area contributed by atoms with E-state index in [1.165, 1.54) is 0 Å². The highest BCUT2D eigenvalue weighted by Crippen LogP contribution is 2.04. The van der Waals surface area contributed by atoms with Crippen LogP contribution in [-0.4, -0.2) is 61.0 Å². The Morgan fingerprint density at radius 1 is 1.30 bits per heavy atom. The molecule has 0 aromatic carbocycles. The number of guanidine groups is 1. The average molecular weight is 377 g/mol. The minimum Gasteiger partial charge on any atom is -0.356 e. The monoisotopic (exact) mass is 376 g/mol. The van der Waals surface area contributed by atoms with Crippen LogP contribution < -0.4 is 16.0 Å². The van der Waals surface area contributed by atoms with Crippen molar-refractivity contribution in [3.05, 3.63) is 23.9 Å². The van der Waals surface area contributed by atoms with E-state index in [0.717, 1.165) is 44.0 Å². The van der Waals surface area contributed by atoms with Gasteiger partial charge in [-0.3, -0.25) is 9.79 Å². The van der Waals surface area contributed by atoms with Gasteiger partial charge in [0.1, 0.15) is 5.82 Å². The maximum absolute atomic E-state index is 12.0. The lowest BCUT2D eigenvalue weighted by atomic mass is 10.2. The number of nitrogens with one attached hydrogen (secondary N) is 3. The van der Waals surface area contributed by atoms with Crippen molar-refractivity contribution in [1.82, 2.24) is 20.5 Å². The molecule has 1 unspecified atom stereocenters. The van der Waals surface area contributed by atoms with Crippen LogP contribution in [0.1, 0.15) is 45.6 Å². The molecule has 27 heavy (non-hydrogen) atoms. The maximum Gasteiger partial charge on any atom is 0.227 e. The number of pyridine rings is 1. The SMILES string of the molecule is CCN(CC)CCCC(C)NC(=NC)NCCC(=O)Nc1ccc(C)cn1. The summed E-state index contributed by atoms with van der Waals surface area (Å²) in [6.07, 6.45) is 4.32. The second-order valence-electron chi connectivity index (χ2n) is 6.73. The van der Waals surface area contributed by atoms with Crippen molar-refractivity contribution in [3.8, 4) is 0 Å². The Kier molecular flexibility index (Phi) is 11.1. The number of nitrogens with zero attached hydrogens (tertiary/aromatic N) is 3. The third-order valence-corrected chi connectivity index (χ3v) is 4.44. The summed E-state index contributed by atoms with van der Waals surface area (Å²) in [5.41, 5.74) is 1.07. The lowest BCUT2D eigenvalue weighted by Crippen LogP contribution is -2.43. The number of anilines is 1. The second-order valence-corrected chi connectivity index (χ2v) is 6.73. The van der Waals surface area contributed by atoms with Gasteiger partial charge in [0, 0.05) is 32.3 Å². The number of hydrogen-bond donors (Lipinski definition) is 3. The van der Waals surface area contributed by atoms with Crippen LogP contribution in [0, 0.1) is 6.92 Å².